The highest BCUT2D eigenvalue weighted by molar-refractivity contribution is 7.09. The lowest BCUT2D eigenvalue weighted by Crippen LogP contribution is -2.51. The zero-order valence-electron chi connectivity index (χ0n) is 16.6. The van der Waals surface area contributed by atoms with Gasteiger partial charge in [-0.1, -0.05) is 20.8 Å². The van der Waals surface area contributed by atoms with E-state index < -0.39 is 0 Å². The van der Waals surface area contributed by atoms with Gasteiger partial charge in [-0.25, -0.2) is 15.0 Å². The van der Waals surface area contributed by atoms with Gasteiger partial charge in [0.2, 0.25) is 5.95 Å². The number of rotatable bonds is 4. The Labute approximate surface area is 165 Å². The Bertz CT molecular complexity index is 751. The molecule has 0 spiro atoms. The van der Waals surface area contributed by atoms with E-state index in [4.69, 9.17) is 4.98 Å². The molecular formula is C19H29N7S. The first kappa shape index (κ1) is 19.5. The van der Waals surface area contributed by atoms with Crippen molar-refractivity contribution in [1.82, 2.24) is 25.6 Å². The van der Waals surface area contributed by atoms with Gasteiger partial charge in [0.15, 0.2) is 5.96 Å². The summed E-state index contributed by atoms with van der Waals surface area (Å²) < 4.78 is 0. The topological polar surface area (TPSA) is 78.3 Å². The summed E-state index contributed by atoms with van der Waals surface area (Å²) in [6.45, 7) is 9.10. The zero-order chi connectivity index (χ0) is 19.3. The minimum Gasteiger partial charge on any atom is -0.352 e. The maximum atomic E-state index is 4.73. The summed E-state index contributed by atoms with van der Waals surface area (Å²) in [5.74, 6) is 1.60. The molecule has 0 saturated carbocycles. The summed E-state index contributed by atoms with van der Waals surface area (Å²) in [4.78, 5) is 20.1. The molecule has 0 radical (unpaired) electrons. The lowest BCUT2D eigenvalue weighted by molar-refractivity contribution is 0.463. The number of nitrogens with one attached hydrogen (secondary N) is 2. The van der Waals surface area contributed by atoms with Crippen LogP contribution in [0.2, 0.25) is 0 Å². The van der Waals surface area contributed by atoms with Crippen LogP contribution in [-0.4, -0.2) is 47.1 Å². The van der Waals surface area contributed by atoms with Crippen LogP contribution in [0.1, 0.15) is 44.3 Å². The van der Waals surface area contributed by atoms with Crippen LogP contribution in [-0.2, 0) is 12.0 Å². The van der Waals surface area contributed by atoms with Gasteiger partial charge in [-0.2, -0.15) is 0 Å². The maximum absolute atomic E-state index is 4.73. The molecule has 27 heavy (non-hydrogen) atoms. The van der Waals surface area contributed by atoms with Gasteiger partial charge in [0.1, 0.15) is 5.01 Å². The van der Waals surface area contributed by atoms with Crippen LogP contribution < -0.4 is 15.5 Å². The highest BCUT2D eigenvalue weighted by atomic mass is 32.1. The van der Waals surface area contributed by atoms with Crippen molar-refractivity contribution < 1.29 is 0 Å². The van der Waals surface area contributed by atoms with E-state index in [1.54, 1.807) is 30.8 Å². The van der Waals surface area contributed by atoms with Crippen molar-refractivity contribution in [3.8, 4) is 0 Å². The molecule has 3 heterocycles. The summed E-state index contributed by atoms with van der Waals surface area (Å²) in [6, 6.07) is 2.16. The fraction of sp³-hybridized carbons (Fsp3) is 0.579. The molecular weight excluding hydrogens is 358 g/mol. The third kappa shape index (κ3) is 5.38. The van der Waals surface area contributed by atoms with Crippen LogP contribution in [0.15, 0.2) is 28.8 Å². The standard InChI is InChI=1S/C19H29N7S/c1-19(2,3)15-13-27-16(25-15)11-23-17(20-4)24-14-7-5-10-26(12-14)18-21-8-6-9-22-18/h6,8-9,13-14H,5,7,10-12H2,1-4H3,(H2,20,23,24). The van der Waals surface area contributed by atoms with Gasteiger partial charge >= 0.3 is 0 Å². The first-order chi connectivity index (χ1) is 13.0. The first-order valence-electron chi connectivity index (χ1n) is 9.40. The Morgan fingerprint density at radius 1 is 1.33 bits per heavy atom. The normalized spacial score (nSPS) is 18.4. The molecule has 1 atom stereocenters. The molecule has 1 aliphatic heterocycles. The average Bonchev–Trinajstić information content (AvgIpc) is 3.15. The molecule has 1 fully saturated rings. The zero-order valence-corrected chi connectivity index (χ0v) is 17.4. The fourth-order valence-electron chi connectivity index (χ4n) is 3.02. The Kier molecular flexibility index (Phi) is 6.26. The van der Waals surface area contributed by atoms with E-state index >= 15 is 0 Å². The number of aromatic nitrogens is 3. The molecule has 1 saturated heterocycles. The molecule has 3 rings (SSSR count). The fourth-order valence-corrected chi connectivity index (χ4v) is 3.98. The molecule has 7 nitrogen and oxygen atoms in total. The molecule has 2 aromatic rings. The second kappa shape index (κ2) is 8.65. The third-order valence-corrected chi connectivity index (χ3v) is 5.40. The monoisotopic (exact) mass is 387 g/mol. The molecule has 2 aromatic heterocycles. The molecule has 0 aliphatic carbocycles. The minimum atomic E-state index is 0.0831. The summed E-state index contributed by atoms with van der Waals surface area (Å²) in [5, 5.41) is 10.1. The largest absolute Gasteiger partial charge is 0.352 e. The Hall–Kier alpha value is -2.22. The summed E-state index contributed by atoms with van der Waals surface area (Å²) >= 11 is 1.69. The van der Waals surface area contributed by atoms with Crippen molar-refractivity contribution >= 4 is 23.2 Å². The van der Waals surface area contributed by atoms with E-state index in [2.05, 4.69) is 56.6 Å². The highest BCUT2D eigenvalue weighted by Crippen LogP contribution is 2.23. The summed E-state index contributed by atoms with van der Waals surface area (Å²) in [5.41, 5.74) is 1.22. The van der Waals surface area contributed by atoms with Gasteiger partial charge in [-0.15, -0.1) is 11.3 Å². The quantitative estimate of drug-likeness (QED) is 0.620. The number of piperidine rings is 1. The summed E-state index contributed by atoms with van der Waals surface area (Å²) in [7, 11) is 1.80. The average molecular weight is 388 g/mol. The van der Waals surface area contributed by atoms with Crippen molar-refractivity contribution in [2.75, 3.05) is 25.0 Å². The van der Waals surface area contributed by atoms with Gasteiger partial charge in [-0.3, -0.25) is 4.99 Å². The number of anilines is 1. The number of hydrogen-bond acceptors (Lipinski definition) is 6. The van der Waals surface area contributed by atoms with Gasteiger partial charge in [0.25, 0.3) is 0 Å². The van der Waals surface area contributed by atoms with Gasteiger partial charge in [-0.05, 0) is 18.9 Å². The Morgan fingerprint density at radius 3 is 2.78 bits per heavy atom. The minimum absolute atomic E-state index is 0.0831. The van der Waals surface area contributed by atoms with E-state index in [0.29, 0.717) is 12.6 Å². The Morgan fingerprint density at radius 2 is 2.11 bits per heavy atom. The smallest absolute Gasteiger partial charge is 0.225 e. The van der Waals surface area contributed by atoms with Crippen LogP contribution in [0.3, 0.4) is 0 Å². The number of aliphatic imine (C=N–C) groups is 1. The molecule has 146 valence electrons. The lowest BCUT2D eigenvalue weighted by Gasteiger charge is -2.33. The Balaban J connectivity index is 1.53. The van der Waals surface area contributed by atoms with Gasteiger partial charge in [0, 0.05) is 49.4 Å². The summed E-state index contributed by atoms with van der Waals surface area (Å²) in [6.07, 6.45) is 5.79. The molecule has 0 bridgehead atoms. The number of hydrogen-bond donors (Lipinski definition) is 2. The van der Waals surface area contributed by atoms with Gasteiger partial charge < -0.3 is 15.5 Å². The van der Waals surface area contributed by atoms with E-state index in [1.807, 2.05) is 6.07 Å². The van der Waals surface area contributed by atoms with Crippen LogP contribution in [0, 0.1) is 0 Å². The SMILES string of the molecule is CN=C(NCc1nc(C(C)(C)C)cs1)NC1CCCN(c2ncccn2)C1. The molecule has 8 heteroatoms. The molecule has 0 amide bonds. The number of guanidine groups is 1. The second-order valence-corrected chi connectivity index (χ2v) is 8.72. The molecule has 2 N–H and O–H groups in total. The van der Waals surface area contributed by atoms with E-state index in [0.717, 1.165) is 48.5 Å². The van der Waals surface area contributed by atoms with Crippen molar-refractivity contribution in [1.29, 1.82) is 0 Å². The van der Waals surface area contributed by atoms with Crippen molar-refractivity contribution in [3.05, 3.63) is 34.5 Å². The highest BCUT2D eigenvalue weighted by Gasteiger charge is 2.22. The van der Waals surface area contributed by atoms with Crippen LogP contribution in [0.25, 0.3) is 0 Å². The van der Waals surface area contributed by atoms with Crippen LogP contribution in [0.4, 0.5) is 5.95 Å². The predicted octanol–water partition coefficient (Wildman–Crippen LogP) is 2.56. The van der Waals surface area contributed by atoms with Gasteiger partial charge in [0.05, 0.1) is 12.2 Å². The first-order valence-corrected chi connectivity index (χ1v) is 10.3. The van der Waals surface area contributed by atoms with Crippen molar-refractivity contribution in [2.24, 2.45) is 4.99 Å². The van der Waals surface area contributed by atoms with E-state index in [9.17, 15) is 0 Å². The van der Waals surface area contributed by atoms with Crippen molar-refractivity contribution in [3.63, 3.8) is 0 Å². The van der Waals surface area contributed by atoms with E-state index in [1.165, 1.54) is 0 Å². The second-order valence-electron chi connectivity index (χ2n) is 7.78. The molecule has 1 aliphatic rings. The number of nitrogens with zero attached hydrogens (tertiary/aromatic N) is 5. The molecule has 1 unspecified atom stereocenters. The van der Waals surface area contributed by atoms with Crippen LogP contribution in [0.5, 0.6) is 0 Å². The van der Waals surface area contributed by atoms with Crippen molar-refractivity contribution in [2.45, 2.75) is 51.6 Å². The molecule has 0 aromatic carbocycles. The number of thiazole rings is 1. The van der Waals surface area contributed by atoms with Crippen LogP contribution >= 0.6 is 11.3 Å². The van der Waals surface area contributed by atoms with E-state index in [-0.39, 0.29) is 5.41 Å². The lowest BCUT2D eigenvalue weighted by atomic mass is 9.93. The maximum Gasteiger partial charge on any atom is 0.225 e. The predicted molar refractivity (Wildman–Crippen MR) is 111 cm³/mol. The third-order valence-electron chi connectivity index (χ3n) is 4.55.